The van der Waals surface area contributed by atoms with Gasteiger partial charge in [-0.1, -0.05) is 12.1 Å². The number of aromatic nitrogens is 2. The summed E-state index contributed by atoms with van der Waals surface area (Å²) >= 11 is 0. The molecule has 0 amide bonds. The van der Waals surface area contributed by atoms with E-state index in [1.54, 1.807) is 6.07 Å². The molecule has 5 nitrogen and oxygen atoms in total. The first kappa shape index (κ1) is 13.1. The Morgan fingerprint density at radius 1 is 1.41 bits per heavy atom. The van der Waals surface area contributed by atoms with E-state index in [-0.39, 0.29) is 24.0 Å². The highest BCUT2D eigenvalue weighted by atomic mass is 35.5. The zero-order valence-electron chi connectivity index (χ0n) is 9.14. The van der Waals surface area contributed by atoms with Crippen LogP contribution in [0.5, 0.6) is 11.6 Å². The van der Waals surface area contributed by atoms with Crippen LogP contribution in [0.4, 0.5) is 5.69 Å². The van der Waals surface area contributed by atoms with Crippen molar-refractivity contribution in [1.29, 1.82) is 0 Å². The third-order valence-corrected chi connectivity index (χ3v) is 2.06. The monoisotopic (exact) mass is 253 g/mol. The van der Waals surface area contributed by atoms with E-state index in [2.05, 4.69) is 9.97 Å². The summed E-state index contributed by atoms with van der Waals surface area (Å²) in [6.07, 6.45) is 1.25. The Hall–Kier alpha value is -2.01. The van der Waals surface area contributed by atoms with Crippen molar-refractivity contribution in [3.8, 4) is 11.6 Å². The van der Waals surface area contributed by atoms with E-state index in [0.29, 0.717) is 5.75 Å². The van der Waals surface area contributed by atoms with Crippen LogP contribution in [0.15, 0.2) is 35.4 Å². The third kappa shape index (κ3) is 2.98. The maximum absolute atomic E-state index is 11.2. The molecular weight excluding hydrogens is 242 g/mol. The van der Waals surface area contributed by atoms with Crippen LogP contribution in [0, 0.1) is 6.92 Å². The van der Waals surface area contributed by atoms with Crippen LogP contribution in [0.2, 0.25) is 0 Å². The van der Waals surface area contributed by atoms with Crippen molar-refractivity contribution >= 4 is 18.1 Å². The van der Waals surface area contributed by atoms with Crippen LogP contribution in [-0.2, 0) is 0 Å². The normalized spacial score (nSPS) is 9.47. The van der Waals surface area contributed by atoms with Crippen LogP contribution in [0.25, 0.3) is 0 Å². The minimum atomic E-state index is -0.405. The molecule has 0 atom stereocenters. The van der Waals surface area contributed by atoms with Crippen LogP contribution in [0.1, 0.15) is 5.56 Å². The Morgan fingerprint density at radius 3 is 2.88 bits per heavy atom. The van der Waals surface area contributed by atoms with Gasteiger partial charge in [-0.3, -0.25) is 4.79 Å². The number of nitrogen functional groups attached to an aromatic ring is 1. The van der Waals surface area contributed by atoms with Gasteiger partial charge in [0.25, 0.3) is 5.56 Å². The topological polar surface area (TPSA) is 81.0 Å². The quantitative estimate of drug-likeness (QED) is 0.856. The van der Waals surface area contributed by atoms with Crippen molar-refractivity contribution in [2.24, 2.45) is 0 Å². The first-order chi connectivity index (χ1) is 7.66. The zero-order valence-corrected chi connectivity index (χ0v) is 9.95. The molecule has 1 aromatic heterocycles. The van der Waals surface area contributed by atoms with Gasteiger partial charge in [-0.2, -0.15) is 0 Å². The molecule has 0 radical (unpaired) electrons. The van der Waals surface area contributed by atoms with Gasteiger partial charge in [0.05, 0.1) is 6.33 Å². The summed E-state index contributed by atoms with van der Waals surface area (Å²) in [6, 6.07) is 7.41. The Bertz CT molecular complexity index is 569. The molecule has 6 heteroatoms. The van der Waals surface area contributed by atoms with Crippen molar-refractivity contribution in [2.45, 2.75) is 6.92 Å². The average Bonchev–Trinajstić information content (AvgIpc) is 2.25. The SMILES string of the molecule is Cc1cccc(Oc2nc[nH]c(=O)c2N)c1.Cl. The molecule has 0 bridgehead atoms. The van der Waals surface area contributed by atoms with Gasteiger partial charge in [0.15, 0.2) is 5.69 Å². The number of hydrogen-bond acceptors (Lipinski definition) is 4. The molecule has 2 rings (SSSR count). The number of halogens is 1. The Labute approximate surface area is 104 Å². The number of rotatable bonds is 2. The largest absolute Gasteiger partial charge is 0.437 e. The summed E-state index contributed by atoms with van der Waals surface area (Å²) in [7, 11) is 0. The second-order valence-corrected chi connectivity index (χ2v) is 3.37. The van der Waals surface area contributed by atoms with Crippen LogP contribution >= 0.6 is 12.4 Å². The molecule has 1 heterocycles. The van der Waals surface area contributed by atoms with E-state index in [9.17, 15) is 4.79 Å². The lowest BCUT2D eigenvalue weighted by Gasteiger charge is -2.06. The standard InChI is InChI=1S/C11H11N3O2.ClH/c1-7-3-2-4-8(5-7)16-11-9(12)10(15)13-6-14-11;/h2-6H,12H2,1H3,(H,13,14,15);1H. The number of aromatic amines is 1. The first-order valence-corrected chi connectivity index (χ1v) is 4.74. The van der Waals surface area contributed by atoms with Gasteiger partial charge < -0.3 is 15.5 Å². The van der Waals surface area contributed by atoms with Crippen molar-refractivity contribution in [2.75, 3.05) is 5.73 Å². The van der Waals surface area contributed by atoms with E-state index in [1.807, 2.05) is 25.1 Å². The maximum Gasteiger partial charge on any atom is 0.277 e. The van der Waals surface area contributed by atoms with Crippen molar-refractivity contribution in [1.82, 2.24) is 9.97 Å². The fourth-order valence-electron chi connectivity index (χ4n) is 1.27. The second kappa shape index (κ2) is 5.36. The number of nitrogens with one attached hydrogen (secondary N) is 1. The van der Waals surface area contributed by atoms with E-state index in [1.165, 1.54) is 6.33 Å². The number of anilines is 1. The predicted molar refractivity (Wildman–Crippen MR) is 67.8 cm³/mol. The van der Waals surface area contributed by atoms with Crippen molar-refractivity contribution in [3.05, 3.63) is 46.5 Å². The molecule has 3 N–H and O–H groups in total. The van der Waals surface area contributed by atoms with Crippen LogP contribution in [0.3, 0.4) is 0 Å². The molecule has 0 unspecified atom stereocenters. The predicted octanol–water partition coefficient (Wildman–Crippen LogP) is 1.87. The Balaban J connectivity index is 0.00000144. The van der Waals surface area contributed by atoms with Crippen molar-refractivity contribution in [3.63, 3.8) is 0 Å². The van der Waals surface area contributed by atoms with E-state index < -0.39 is 5.56 Å². The minimum absolute atomic E-state index is 0. The summed E-state index contributed by atoms with van der Waals surface area (Å²) in [4.78, 5) is 17.4. The van der Waals surface area contributed by atoms with E-state index in [0.717, 1.165) is 5.56 Å². The minimum Gasteiger partial charge on any atom is -0.437 e. The molecule has 0 fully saturated rings. The molecule has 0 aliphatic carbocycles. The lowest BCUT2D eigenvalue weighted by atomic mass is 10.2. The number of aryl methyl sites for hydroxylation is 1. The van der Waals surface area contributed by atoms with Gasteiger partial charge in [0.1, 0.15) is 5.75 Å². The molecule has 0 aliphatic rings. The Morgan fingerprint density at radius 2 is 2.18 bits per heavy atom. The van der Waals surface area contributed by atoms with Gasteiger partial charge in [-0.15, -0.1) is 12.4 Å². The van der Waals surface area contributed by atoms with Gasteiger partial charge in [-0.25, -0.2) is 4.98 Å². The summed E-state index contributed by atoms with van der Waals surface area (Å²) in [6.45, 7) is 1.95. The van der Waals surface area contributed by atoms with Crippen LogP contribution in [-0.4, -0.2) is 9.97 Å². The smallest absolute Gasteiger partial charge is 0.277 e. The molecule has 0 saturated heterocycles. The third-order valence-electron chi connectivity index (χ3n) is 2.06. The van der Waals surface area contributed by atoms with Gasteiger partial charge in [-0.05, 0) is 24.6 Å². The zero-order chi connectivity index (χ0) is 11.5. The van der Waals surface area contributed by atoms with E-state index in [4.69, 9.17) is 10.5 Å². The van der Waals surface area contributed by atoms with Gasteiger partial charge in [0.2, 0.25) is 5.88 Å². The van der Waals surface area contributed by atoms with Gasteiger partial charge in [0, 0.05) is 0 Å². The van der Waals surface area contributed by atoms with Gasteiger partial charge >= 0.3 is 0 Å². The number of benzene rings is 1. The second-order valence-electron chi connectivity index (χ2n) is 3.37. The summed E-state index contributed by atoms with van der Waals surface area (Å²) in [5.74, 6) is 0.721. The summed E-state index contributed by atoms with van der Waals surface area (Å²) in [5, 5.41) is 0. The lowest BCUT2D eigenvalue weighted by Crippen LogP contribution is -2.13. The molecule has 2 aromatic rings. The molecule has 1 aromatic carbocycles. The summed E-state index contributed by atoms with van der Waals surface area (Å²) < 4.78 is 5.41. The van der Waals surface area contributed by atoms with Crippen molar-refractivity contribution < 1.29 is 4.74 Å². The van der Waals surface area contributed by atoms with E-state index >= 15 is 0 Å². The number of H-pyrrole nitrogens is 1. The number of ether oxygens (including phenoxy) is 1. The highest BCUT2D eigenvalue weighted by molar-refractivity contribution is 5.85. The maximum atomic E-state index is 11.2. The number of nitrogens with zero attached hydrogens (tertiary/aromatic N) is 1. The molecule has 0 aliphatic heterocycles. The lowest BCUT2D eigenvalue weighted by molar-refractivity contribution is 0.463. The highest BCUT2D eigenvalue weighted by Crippen LogP contribution is 2.22. The molecule has 17 heavy (non-hydrogen) atoms. The average molecular weight is 254 g/mol. The Kier molecular flexibility index (Phi) is 4.12. The number of hydrogen-bond donors (Lipinski definition) is 2. The fraction of sp³-hybridized carbons (Fsp3) is 0.0909. The highest BCUT2D eigenvalue weighted by Gasteiger charge is 2.06. The van der Waals surface area contributed by atoms with Crippen LogP contribution < -0.4 is 16.0 Å². The molecule has 0 spiro atoms. The molecular formula is C11H12ClN3O2. The fourth-order valence-corrected chi connectivity index (χ4v) is 1.27. The number of nitrogens with two attached hydrogens (primary N) is 1. The molecule has 90 valence electrons. The first-order valence-electron chi connectivity index (χ1n) is 4.74. The molecule has 0 saturated carbocycles. The summed E-state index contributed by atoms with van der Waals surface area (Å²) in [5.41, 5.74) is 6.16.